The van der Waals surface area contributed by atoms with E-state index in [1.165, 1.54) is 19.1 Å². The van der Waals surface area contributed by atoms with Gasteiger partial charge in [-0.15, -0.1) is 11.3 Å². The Morgan fingerprint density at radius 2 is 1.78 bits per heavy atom. The molecule has 0 saturated carbocycles. The van der Waals surface area contributed by atoms with Crippen LogP contribution in [0, 0.1) is 0 Å². The van der Waals surface area contributed by atoms with Gasteiger partial charge in [0.25, 0.3) is 11.8 Å². The third kappa shape index (κ3) is 6.55. The Hall–Kier alpha value is -3.91. The van der Waals surface area contributed by atoms with Gasteiger partial charge >= 0.3 is 5.97 Å². The summed E-state index contributed by atoms with van der Waals surface area (Å²) in [5.74, 6) is -1.16. The molecule has 164 valence electrons. The van der Waals surface area contributed by atoms with Crippen LogP contribution in [0.1, 0.15) is 28.4 Å². The lowest BCUT2D eigenvalue weighted by molar-refractivity contribution is -0.148. The molecule has 7 nitrogen and oxygen atoms in total. The second-order valence-corrected chi connectivity index (χ2v) is 7.69. The third-order valence-electron chi connectivity index (χ3n) is 4.37. The van der Waals surface area contributed by atoms with E-state index in [2.05, 4.69) is 5.32 Å². The number of hydrogen-bond donors (Lipinski definition) is 2. The maximum Gasteiger partial charge on any atom is 0.331 e. The molecule has 2 aromatic carbocycles. The summed E-state index contributed by atoms with van der Waals surface area (Å²) >= 11 is 1.16. The van der Waals surface area contributed by atoms with Crippen molar-refractivity contribution in [2.75, 3.05) is 5.32 Å². The highest BCUT2D eigenvalue weighted by Gasteiger charge is 2.19. The molecule has 0 spiro atoms. The lowest BCUT2D eigenvalue weighted by Crippen LogP contribution is -2.29. The van der Waals surface area contributed by atoms with Crippen molar-refractivity contribution in [3.63, 3.8) is 0 Å². The lowest BCUT2D eigenvalue weighted by atomic mass is 10.2. The number of hydrogen-bond acceptors (Lipinski definition) is 6. The van der Waals surface area contributed by atoms with Gasteiger partial charge in [0, 0.05) is 6.08 Å². The molecule has 8 heteroatoms. The predicted octanol–water partition coefficient (Wildman–Crippen LogP) is 4.01. The second-order valence-electron chi connectivity index (χ2n) is 6.77. The number of esters is 1. The van der Waals surface area contributed by atoms with E-state index >= 15 is 0 Å². The van der Waals surface area contributed by atoms with Gasteiger partial charge in [0.2, 0.25) is 0 Å². The van der Waals surface area contributed by atoms with Crippen LogP contribution < -0.4 is 15.8 Å². The van der Waals surface area contributed by atoms with Gasteiger partial charge in [-0.25, -0.2) is 4.79 Å². The Bertz CT molecular complexity index is 1110. The first-order valence-corrected chi connectivity index (χ1v) is 10.6. The Morgan fingerprint density at radius 1 is 1.06 bits per heavy atom. The Balaban J connectivity index is 1.48. The third-order valence-corrected chi connectivity index (χ3v) is 5.20. The lowest BCUT2D eigenvalue weighted by Gasteiger charge is -2.12. The van der Waals surface area contributed by atoms with Gasteiger partial charge in [0.05, 0.1) is 5.56 Å². The molecule has 0 bridgehead atoms. The van der Waals surface area contributed by atoms with E-state index in [9.17, 15) is 14.4 Å². The van der Waals surface area contributed by atoms with Crippen LogP contribution in [0.15, 0.2) is 72.1 Å². The van der Waals surface area contributed by atoms with Gasteiger partial charge in [-0.1, -0.05) is 42.5 Å². The Morgan fingerprint density at radius 3 is 2.47 bits per heavy atom. The van der Waals surface area contributed by atoms with Gasteiger partial charge in [0.1, 0.15) is 17.4 Å². The fourth-order valence-corrected chi connectivity index (χ4v) is 3.46. The van der Waals surface area contributed by atoms with E-state index < -0.39 is 23.9 Å². The Kier molecular flexibility index (Phi) is 7.77. The minimum Gasteiger partial charge on any atom is -0.489 e. The quantitative estimate of drug-likeness (QED) is 0.378. The number of amides is 2. The molecule has 0 aliphatic carbocycles. The van der Waals surface area contributed by atoms with Gasteiger partial charge in [0.15, 0.2) is 6.10 Å². The minimum atomic E-state index is -1.05. The zero-order valence-corrected chi connectivity index (χ0v) is 18.1. The summed E-state index contributed by atoms with van der Waals surface area (Å²) in [4.78, 5) is 35.6. The molecular weight excluding hydrogens is 428 g/mol. The van der Waals surface area contributed by atoms with Crippen molar-refractivity contribution < 1.29 is 23.9 Å². The van der Waals surface area contributed by atoms with E-state index in [1.54, 1.807) is 23.6 Å². The van der Waals surface area contributed by atoms with Crippen molar-refractivity contribution in [3.8, 4) is 5.75 Å². The zero-order valence-electron chi connectivity index (χ0n) is 17.3. The number of thiophene rings is 1. The molecule has 1 unspecified atom stereocenters. The molecule has 0 aliphatic rings. The van der Waals surface area contributed by atoms with Crippen LogP contribution in [-0.2, 0) is 20.9 Å². The van der Waals surface area contributed by atoms with Crippen LogP contribution in [0.2, 0.25) is 0 Å². The van der Waals surface area contributed by atoms with Crippen LogP contribution in [0.25, 0.3) is 6.08 Å². The molecule has 2 amide bonds. The summed E-state index contributed by atoms with van der Waals surface area (Å²) in [6.45, 7) is 1.91. The van der Waals surface area contributed by atoms with Crippen molar-refractivity contribution in [1.29, 1.82) is 0 Å². The highest BCUT2D eigenvalue weighted by atomic mass is 32.1. The number of benzene rings is 2. The maximum atomic E-state index is 12.2. The van der Waals surface area contributed by atoms with Crippen LogP contribution >= 0.6 is 11.3 Å². The first-order chi connectivity index (χ1) is 15.4. The Labute approximate surface area is 189 Å². The van der Waals surface area contributed by atoms with Gasteiger partial charge < -0.3 is 20.5 Å². The normalized spacial score (nSPS) is 11.7. The molecule has 3 N–H and O–H groups in total. The summed E-state index contributed by atoms with van der Waals surface area (Å²) in [7, 11) is 0. The van der Waals surface area contributed by atoms with Crippen LogP contribution in [0.5, 0.6) is 5.75 Å². The SMILES string of the molecule is CC(OC(=O)/C=C/c1ccc(OCc2ccccc2)cc1)C(=O)Nc1sccc1C(N)=O. The number of carbonyl (C=O) groups excluding carboxylic acids is 3. The van der Waals surface area contributed by atoms with Gasteiger partial charge in [-0.2, -0.15) is 0 Å². The molecule has 0 fully saturated rings. The molecule has 1 aromatic heterocycles. The number of primary amides is 1. The average Bonchev–Trinajstić information content (AvgIpc) is 3.26. The van der Waals surface area contributed by atoms with Crippen molar-refractivity contribution in [3.05, 3.63) is 88.8 Å². The minimum absolute atomic E-state index is 0.206. The second kappa shape index (κ2) is 10.9. The van der Waals surface area contributed by atoms with Gasteiger partial charge in [-0.3, -0.25) is 9.59 Å². The summed E-state index contributed by atoms with van der Waals surface area (Å²) in [6, 6.07) is 18.6. The van der Waals surface area contributed by atoms with Crippen LogP contribution in [0.3, 0.4) is 0 Å². The molecule has 3 aromatic rings. The highest BCUT2D eigenvalue weighted by Crippen LogP contribution is 2.23. The fraction of sp³-hybridized carbons (Fsp3) is 0.125. The van der Waals surface area contributed by atoms with Crippen molar-refractivity contribution in [2.24, 2.45) is 5.73 Å². The van der Waals surface area contributed by atoms with Crippen molar-refractivity contribution in [2.45, 2.75) is 19.6 Å². The number of anilines is 1. The standard InChI is InChI=1S/C24H22N2O5S/c1-16(23(29)26-24-20(22(25)28)13-14-32-24)31-21(27)12-9-17-7-10-19(11-8-17)30-15-18-5-3-2-4-6-18/h2-14,16H,15H2,1H3,(H2,25,28)(H,26,29)/b12-9+. The number of ether oxygens (including phenoxy) is 2. The van der Waals surface area contributed by atoms with Crippen molar-refractivity contribution >= 4 is 40.2 Å². The van der Waals surface area contributed by atoms with Crippen LogP contribution in [0.4, 0.5) is 5.00 Å². The number of carbonyl (C=O) groups is 3. The van der Waals surface area contributed by atoms with Gasteiger partial charge in [-0.05, 0) is 47.7 Å². The summed E-state index contributed by atoms with van der Waals surface area (Å²) in [5, 5.41) is 4.49. The molecule has 1 atom stereocenters. The van der Waals surface area contributed by atoms with E-state index in [-0.39, 0.29) is 5.56 Å². The zero-order chi connectivity index (χ0) is 22.9. The fourth-order valence-electron chi connectivity index (χ4n) is 2.66. The van der Waals surface area contributed by atoms with E-state index in [0.717, 1.165) is 22.5 Å². The average molecular weight is 451 g/mol. The van der Waals surface area contributed by atoms with Crippen molar-refractivity contribution in [1.82, 2.24) is 0 Å². The number of nitrogens with two attached hydrogens (primary N) is 1. The molecule has 0 saturated heterocycles. The first-order valence-electron chi connectivity index (χ1n) is 9.76. The van der Waals surface area contributed by atoms with E-state index in [0.29, 0.717) is 17.4 Å². The first kappa shape index (κ1) is 22.8. The smallest absolute Gasteiger partial charge is 0.331 e. The monoisotopic (exact) mass is 450 g/mol. The molecule has 0 aliphatic heterocycles. The molecular formula is C24H22N2O5S. The molecule has 0 radical (unpaired) electrons. The number of rotatable bonds is 9. The molecule has 32 heavy (non-hydrogen) atoms. The number of nitrogens with one attached hydrogen (secondary N) is 1. The van der Waals surface area contributed by atoms with Crippen LogP contribution in [-0.4, -0.2) is 23.9 Å². The highest BCUT2D eigenvalue weighted by molar-refractivity contribution is 7.14. The largest absolute Gasteiger partial charge is 0.489 e. The molecule has 1 heterocycles. The molecule has 3 rings (SSSR count). The maximum absolute atomic E-state index is 12.2. The summed E-state index contributed by atoms with van der Waals surface area (Å²) < 4.78 is 10.8. The summed E-state index contributed by atoms with van der Waals surface area (Å²) in [6.07, 6.45) is 1.77. The summed E-state index contributed by atoms with van der Waals surface area (Å²) in [5.41, 5.74) is 7.31. The topological polar surface area (TPSA) is 108 Å². The van der Waals surface area contributed by atoms with E-state index in [1.807, 2.05) is 42.5 Å². The predicted molar refractivity (Wildman–Crippen MR) is 123 cm³/mol. The van der Waals surface area contributed by atoms with E-state index in [4.69, 9.17) is 15.2 Å².